The van der Waals surface area contributed by atoms with Gasteiger partial charge >= 0.3 is 0 Å². The first kappa shape index (κ1) is 19.0. The molecular formula is C18H20N4O4S. The van der Waals surface area contributed by atoms with Gasteiger partial charge in [-0.2, -0.15) is 0 Å². The Morgan fingerprint density at radius 3 is 2.41 bits per heavy atom. The van der Waals surface area contributed by atoms with E-state index < -0.39 is 10.0 Å². The average Bonchev–Trinajstić information content (AvgIpc) is 3.14. The highest BCUT2D eigenvalue weighted by Crippen LogP contribution is 2.21. The van der Waals surface area contributed by atoms with Crippen LogP contribution in [0.25, 0.3) is 11.5 Å². The summed E-state index contributed by atoms with van der Waals surface area (Å²) in [6, 6.07) is 13.9. The maximum Gasteiger partial charge on any atom is 0.247 e. The second-order valence-corrected chi connectivity index (χ2v) is 7.41. The molecule has 0 unspecified atom stereocenters. The molecule has 142 valence electrons. The normalized spacial score (nSPS) is 11.5. The Hall–Kier alpha value is -2.75. The van der Waals surface area contributed by atoms with E-state index in [0.717, 1.165) is 23.3 Å². The largest absolute Gasteiger partial charge is 0.497 e. The van der Waals surface area contributed by atoms with Gasteiger partial charge in [0.1, 0.15) is 5.75 Å². The lowest BCUT2D eigenvalue weighted by molar-refractivity contribution is 0.415. The Morgan fingerprint density at radius 1 is 1.07 bits per heavy atom. The first-order valence-electron chi connectivity index (χ1n) is 8.25. The second-order valence-electron chi connectivity index (χ2n) is 5.85. The minimum absolute atomic E-state index is 0.108. The molecule has 3 aromatic rings. The van der Waals surface area contributed by atoms with Crippen LogP contribution in [0.15, 0.2) is 57.8 Å². The van der Waals surface area contributed by atoms with E-state index in [1.807, 2.05) is 24.3 Å². The summed E-state index contributed by atoms with van der Waals surface area (Å²) in [7, 11) is -2.04. The molecule has 1 aromatic heterocycles. The molecule has 0 bridgehead atoms. The zero-order valence-electron chi connectivity index (χ0n) is 14.8. The molecule has 0 amide bonds. The van der Waals surface area contributed by atoms with Crippen molar-refractivity contribution in [1.29, 1.82) is 0 Å². The average molecular weight is 388 g/mol. The maximum atomic E-state index is 11.2. The van der Waals surface area contributed by atoms with Crippen molar-refractivity contribution in [1.82, 2.24) is 15.5 Å². The van der Waals surface area contributed by atoms with E-state index in [0.29, 0.717) is 24.9 Å². The molecule has 0 aliphatic carbocycles. The van der Waals surface area contributed by atoms with Crippen LogP contribution in [-0.4, -0.2) is 32.3 Å². The van der Waals surface area contributed by atoms with E-state index in [1.54, 1.807) is 19.2 Å². The molecule has 0 aliphatic rings. The van der Waals surface area contributed by atoms with Gasteiger partial charge in [-0.05, 0) is 54.9 Å². The summed E-state index contributed by atoms with van der Waals surface area (Å²) in [6.07, 6.45) is 0.727. The smallest absolute Gasteiger partial charge is 0.247 e. The van der Waals surface area contributed by atoms with Crippen molar-refractivity contribution in [2.24, 2.45) is 5.14 Å². The van der Waals surface area contributed by atoms with Gasteiger partial charge < -0.3 is 14.5 Å². The van der Waals surface area contributed by atoms with Gasteiger partial charge in [-0.3, -0.25) is 0 Å². The Bertz CT molecular complexity index is 983. The molecule has 9 heteroatoms. The maximum absolute atomic E-state index is 11.2. The Balaban J connectivity index is 1.49. The van der Waals surface area contributed by atoms with E-state index in [-0.39, 0.29) is 4.90 Å². The van der Waals surface area contributed by atoms with Crippen molar-refractivity contribution in [3.8, 4) is 17.2 Å². The van der Waals surface area contributed by atoms with Crippen molar-refractivity contribution >= 4 is 10.0 Å². The van der Waals surface area contributed by atoms with Crippen LogP contribution in [0, 0.1) is 0 Å². The third kappa shape index (κ3) is 5.13. The highest BCUT2D eigenvalue weighted by molar-refractivity contribution is 7.89. The van der Waals surface area contributed by atoms with Crippen molar-refractivity contribution in [2.45, 2.75) is 17.9 Å². The molecule has 1 heterocycles. The summed E-state index contributed by atoms with van der Waals surface area (Å²) in [5.74, 6) is 1.70. The molecule has 3 N–H and O–H groups in total. The van der Waals surface area contributed by atoms with Crippen LogP contribution < -0.4 is 15.2 Å². The van der Waals surface area contributed by atoms with Crippen LogP contribution in [0.3, 0.4) is 0 Å². The van der Waals surface area contributed by atoms with Crippen molar-refractivity contribution in [3.63, 3.8) is 0 Å². The zero-order valence-corrected chi connectivity index (χ0v) is 15.6. The fourth-order valence-electron chi connectivity index (χ4n) is 2.45. The molecular weight excluding hydrogens is 368 g/mol. The van der Waals surface area contributed by atoms with Crippen molar-refractivity contribution < 1.29 is 17.6 Å². The van der Waals surface area contributed by atoms with E-state index >= 15 is 0 Å². The van der Waals surface area contributed by atoms with Crippen LogP contribution in [0.4, 0.5) is 0 Å². The van der Waals surface area contributed by atoms with Gasteiger partial charge in [0.25, 0.3) is 0 Å². The van der Waals surface area contributed by atoms with Gasteiger partial charge in [0.05, 0.1) is 18.6 Å². The second kappa shape index (κ2) is 8.30. The number of sulfonamides is 1. The molecule has 0 fully saturated rings. The van der Waals surface area contributed by atoms with E-state index in [9.17, 15) is 8.42 Å². The molecule has 0 radical (unpaired) electrons. The third-order valence-electron chi connectivity index (χ3n) is 3.92. The summed E-state index contributed by atoms with van der Waals surface area (Å²) >= 11 is 0. The van der Waals surface area contributed by atoms with Crippen LogP contribution in [-0.2, 0) is 23.0 Å². The first-order chi connectivity index (χ1) is 13.0. The van der Waals surface area contributed by atoms with Gasteiger partial charge in [0.2, 0.25) is 21.8 Å². The van der Waals surface area contributed by atoms with Crippen LogP contribution >= 0.6 is 0 Å². The Labute approximate surface area is 157 Å². The number of benzene rings is 2. The fraction of sp³-hybridized carbons (Fsp3) is 0.222. The predicted octanol–water partition coefficient (Wildman–Crippen LogP) is 1.72. The van der Waals surface area contributed by atoms with E-state index in [2.05, 4.69) is 15.5 Å². The van der Waals surface area contributed by atoms with Crippen LogP contribution in [0.1, 0.15) is 11.5 Å². The molecule has 3 rings (SSSR count). The molecule has 0 saturated heterocycles. The number of ether oxygens (including phenoxy) is 1. The summed E-state index contributed by atoms with van der Waals surface area (Å²) in [6.45, 7) is 1.12. The summed E-state index contributed by atoms with van der Waals surface area (Å²) in [5, 5.41) is 16.4. The number of nitrogens with one attached hydrogen (secondary N) is 1. The predicted molar refractivity (Wildman–Crippen MR) is 99.5 cm³/mol. The molecule has 0 saturated carbocycles. The Morgan fingerprint density at radius 2 is 1.78 bits per heavy atom. The minimum atomic E-state index is -3.66. The summed E-state index contributed by atoms with van der Waals surface area (Å²) in [5.41, 5.74) is 1.82. The lowest BCUT2D eigenvalue weighted by Crippen LogP contribution is -2.17. The Kier molecular flexibility index (Phi) is 5.84. The van der Waals surface area contributed by atoms with E-state index in [4.69, 9.17) is 14.3 Å². The molecule has 0 atom stereocenters. The zero-order chi connectivity index (χ0) is 19.3. The standard InChI is InChI=1S/C18H20N4O4S/c1-25-15-6-4-14(5-7-15)18-22-21-17(26-18)12-20-11-10-13-2-8-16(9-3-13)27(19,23)24/h2-9,20H,10-12H2,1H3,(H2,19,23,24). The van der Waals surface area contributed by atoms with Crippen LogP contribution in [0.5, 0.6) is 5.75 Å². The lowest BCUT2D eigenvalue weighted by atomic mass is 10.1. The molecule has 0 spiro atoms. The number of aromatic nitrogens is 2. The number of primary sulfonamides is 1. The minimum Gasteiger partial charge on any atom is -0.497 e. The topological polar surface area (TPSA) is 120 Å². The molecule has 8 nitrogen and oxygen atoms in total. The van der Waals surface area contributed by atoms with E-state index in [1.165, 1.54) is 12.1 Å². The van der Waals surface area contributed by atoms with Gasteiger partial charge in [0.15, 0.2) is 0 Å². The van der Waals surface area contributed by atoms with Crippen molar-refractivity contribution in [2.75, 3.05) is 13.7 Å². The van der Waals surface area contributed by atoms with Gasteiger partial charge in [-0.25, -0.2) is 13.6 Å². The van der Waals surface area contributed by atoms with Crippen LogP contribution in [0.2, 0.25) is 0 Å². The summed E-state index contributed by atoms with van der Waals surface area (Å²) < 4.78 is 33.2. The molecule has 27 heavy (non-hydrogen) atoms. The van der Waals surface area contributed by atoms with Gasteiger partial charge in [0, 0.05) is 5.56 Å². The fourth-order valence-corrected chi connectivity index (χ4v) is 2.96. The van der Waals surface area contributed by atoms with Gasteiger partial charge in [-0.15, -0.1) is 10.2 Å². The molecule has 2 aromatic carbocycles. The number of hydrogen-bond donors (Lipinski definition) is 2. The van der Waals surface area contributed by atoms with Crippen molar-refractivity contribution in [3.05, 3.63) is 60.0 Å². The number of methoxy groups -OCH3 is 1. The number of nitrogens with two attached hydrogens (primary N) is 1. The number of nitrogens with zero attached hydrogens (tertiary/aromatic N) is 2. The highest BCUT2D eigenvalue weighted by atomic mass is 32.2. The lowest BCUT2D eigenvalue weighted by Gasteiger charge is -2.04. The first-order valence-corrected chi connectivity index (χ1v) is 9.79. The number of rotatable bonds is 8. The summed E-state index contributed by atoms with van der Waals surface area (Å²) in [4.78, 5) is 0.108. The van der Waals surface area contributed by atoms with Gasteiger partial charge in [-0.1, -0.05) is 12.1 Å². The third-order valence-corrected chi connectivity index (χ3v) is 4.85. The monoisotopic (exact) mass is 388 g/mol. The number of hydrogen-bond acceptors (Lipinski definition) is 7. The highest BCUT2D eigenvalue weighted by Gasteiger charge is 2.09. The SMILES string of the molecule is COc1ccc(-c2nnc(CNCCc3ccc(S(N)(=O)=O)cc3)o2)cc1. The molecule has 0 aliphatic heterocycles. The quantitative estimate of drug-likeness (QED) is 0.564.